The van der Waals surface area contributed by atoms with E-state index >= 15 is 0 Å². The summed E-state index contributed by atoms with van der Waals surface area (Å²) >= 11 is 1.64. The number of rotatable bonds is 5. The van der Waals surface area contributed by atoms with Crippen LogP contribution in [0.2, 0.25) is 0 Å². The average Bonchev–Trinajstić information content (AvgIpc) is 3.23. The summed E-state index contributed by atoms with van der Waals surface area (Å²) in [4.78, 5) is 26.8. The highest BCUT2D eigenvalue weighted by Crippen LogP contribution is 2.27. The van der Waals surface area contributed by atoms with Crippen LogP contribution in [0.4, 0.5) is 0 Å². The van der Waals surface area contributed by atoms with E-state index in [0.29, 0.717) is 24.7 Å². The average molecular weight is 348 g/mol. The summed E-state index contributed by atoms with van der Waals surface area (Å²) in [6, 6.07) is 5.72. The van der Waals surface area contributed by atoms with E-state index < -0.39 is 0 Å². The Morgan fingerprint density at radius 3 is 3.08 bits per heavy atom. The van der Waals surface area contributed by atoms with Crippen LogP contribution in [-0.2, 0) is 22.4 Å². The van der Waals surface area contributed by atoms with Gasteiger partial charge < -0.3 is 15.0 Å². The molecule has 1 aromatic rings. The zero-order valence-electron chi connectivity index (χ0n) is 14.2. The Labute approximate surface area is 147 Å². The van der Waals surface area contributed by atoms with Crippen LogP contribution < -0.4 is 10.1 Å². The lowest BCUT2D eigenvalue weighted by Crippen LogP contribution is -2.49. The molecule has 2 aliphatic rings. The molecule has 0 bridgehead atoms. The van der Waals surface area contributed by atoms with E-state index in [1.165, 1.54) is 5.56 Å². The molecule has 2 amide bonds. The van der Waals surface area contributed by atoms with E-state index in [1.807, 2.05) is 26.0 Å². The third-order valence-electron chi connectivity index (χ3n) is 4.62. The van der Waals surface area contributed by atoms with Crippen molar-refractivity contribution in [3.8, 4) is 5.75 Å². The number of benzene rings is 1. The predicted octanol–water partition coefficient (Wildman–Crippen LogP) is 1.98. The van der Waals surface area contributed by atoms with Gasteiger partial charge in [0.2, 0.25) is 11.8 Å². The first kappa shape index (κ1) is 17.1. The standard InChI is InChI=1S/C18H24N2O3S/c1-3-12(2)19-18(22)15-10-24-11-20(15)17(21)9-13-4-5-16-14(8-13)6-7-23-16/h4-5,8,12,15H,3,6-7,9-11H2,1-2H3,(H,19,22)/t12-,15+/m0/s1. The summed E-state index contributed by atoms with van der Waals surface area (Å²) in [6.07, 6.45) is 2.12. The zero-order chi connectivity index (χ0) is 17.1. The Balaban J connectivity index is 1.64. The number of carbonyl (C=O) groups is 2. The monoisotopic (exact) mass is 348 g/mol. The van der Waals surface area contributed by atoms with Gasteiger partial charge in [-0.2, -0.15) is 0 Å². The predicted molar refractivity (Wildman–Crippen MR) is 95.2 cm³/mol. The number of carbonyl (C=O) groups excluding carboxylic acids is 2. The Morgan fingerprint density at radius 2 is 2.29 bits per heavy atom. The van der Waals surface area contributed by atoms with Crippen LogP contribution in [0, 0.1) is 0 Å². The second kappa shape index (κ2) is 7.47. The summed E-state index contributed by atoms with van der Waals surface area (Å²) in [6.45, 7) is 4.74. The maximum atomic E-state index is 12.7. The Kier molecular flexibility index (Phi) is 5.33. The zero-order valence-corrected chi connectivity index (χ0v) is 15.0. The van der Waals surface area contributed by atoms with E-state index in [2.05, 4.69) is 11.4 Å². The van der Waals surface area contributed by atoms with Gasteiger partial charge in [0.15, 0.2) is 0 Å². The molecule has 5 nitrogen and oxygen atoms in total. The van der Waals surface area contributed by atoms with E-state index in [0.717, 1.165) is 24.2 Å². The van der Waals surface area contributed by atoms with Crippen molar-refractivity contribution in [3.05, 3.63) is 29.3 Å². The minimum Gasteiger partial charge on any atom is -0.493 e. The molecule has 130 valence electrons. The van der Waals surface area contributed by atoms with Gasteiger partial charge in [-0.3, -0.25) is 9.59 Å². The van der Waals surface area contributed by atoms with Gasteiger partial charge in [0, 0.05) is 18.2 Å². The summed E-state index contributed by atoms with van der Waals surface area (Å²) in [7, 11) is 0. The molecule has 0 aromatic heterocycles. The van der Waals surface area contributed by atoms with E-state index in [4.69, 9.17) is 4.74 Å². The van der Waals surface area contributed by atoms with Gasteiger partial charge in [-0.1, -0.05) is 19.1 Å². The number of ether oxygens (including phenoxy) is 1. The smallest absolute Gasteiger partial charge is 0.243 e. The number of hydrogen-bond donors (Lipinski definition) is 1. The van der Waals surface area contributed by atoms with Crippen molar-refractivity contribution in [1.82, 2.24) is 10.2 Å². The fourth-order valence-corrected chi connectivity index (χ4v) is 4.15. The molecule has 6 heteroatoms. The minimum atomic E-state index is -0.353. The number of hydrogen-bond acceptors (Lipinski definition) is 4. The molecule has 0 radical (unpaired) electrons. The Bertz CT molecular complexity index is 635. The van der Waals surface area contributed by atoms with Crippen LogP contribution >= 0.6 is 11.8 Å². The van der Waals surface area contributed by atoms with Crippen molar-refractivity contribution in [2.75, 3.05) is 18.2 Å². The topological polar surface area (TPSA) is 58.6 Å². The molecule has 1 saturated heterocycles. The quantitative estimate of drug-likeness (QED) is 0.884. The fraction of sp³-hybridized carbons (Fsp3) is 0.556. The van der Waals surface area contributed by atoms with Gasteiger partial charge in [0.25, 0.3) is 0 Å². The first-order valence-corrected chi connectivity index (χ1v) is 9.66. The molecule has 2 heterocycles. The molecule has 0 spiro atoms. The molecule has 0 unspecified atom stereocenters. The van der Waals surface area contributed by atoms with Crippen molar-refractivity contribution in [1.29, 1.82) is 0 Å². The van der Waals surface area contributed by atoms with Gasteiger partial charge >= 0.3 is 0 Å². The first-order valence-electron chi connectivity index (χ1n) is 8.50. The summed E-state index contributed by atoms with van der Waals surface area (Å²) in [5.74, 6) is 2.17. The molecule has 2 aliphatic heterocycles. The van der Waals surface area contributed by atoms with Crippen LogP contribution in [0.3, 0.4) is 0 Å². The molecule has 0 aliphatic carbocycles. The Hall–Kier alpha value is -1.69. The number of amides is 2. The number of nitrogens with one attached hydrogen (secondary N) is 1. The third kappa shape index (κ3) is 3.69. The van der Waals surface area contributed by atoms with Gasteiger partial charge in [-0.25, -0.2) is 0 Å². The molecule has 3 rings (SSSR count). The molecule has 0 saturated carbocycles. The number of fused-ring (bicyclic) bond motifs is 1. The Morgan fingerprint density at radius 1 is 1.46 bits per heavy atom. The first-order chi connectivity index (χ1) is 11.6. The molecular weight excluding hydrogens is 324 g/mol. The lowest BCUT2D eigenvalue weighted by molar-refractivity contribution is -0.137. The molecule has 1 aromatic carbocycles. The lowest BCUT2D eigenvalue weighted by Gasteiger charge is -2.24. The minimum absolute atomic E-state index is 0.0168. The van der Waals surface area contributed by atoms with Gasteiger partial charge in [0.1, 0.15) is 11.8 Å². The van der Waals surface area contributed by atoms with Crippen molar-refractivity contribution in [3.63, 3.8) is 0 Å². The number of nitrogens with zero attached hydrogens (tertiary/aromatic N) is 1. The van der Waals surface area contributed by atoms with Gasteiger partial charge in [0.05, 0.1) is 18.9 Å². The number of thioether (sulfide) groups is 1. The highest BCUT2D eigenvalue weighted by molar-refractivity contribution is 7.99. The maximum absolute atomic E-state index is 12.7. The molecule has 1 N–H and O–H groups in total. The summed E-state index contributed by atoms with van der Waals surface area (Å²) in [5.41, 5.74) is 2.16. The highest BCUT2D eigenvalue weighted by Gasteiger charge is 2.34. The second-order valence-electron chi connectivity index (χ2n) is 6.41. The molecule has 1 fully saturated rings. The third-order valence-corrected chi connectivity index (χ3v) is 5.63. The highest BCUT2D eigenvalue weighted by atomic mass is 32.2. The second-order valence-corrected chi connectivity index (χ2v) is 7.41. The van der Waals surface area contributed by atoms with Crippen molar-refractivity contribution in [2.24, 2.45) is 0 Å². The fourth-order valence-electron chi connectivity index (χ4n) is 2.97. The van der Waals surface area contributed by atoms with Crippen LogP contribution in [0.15, 0.2) is 18.2 Å². The SMILES string of the molecule is CC[C@H](C)NC(=O)[C@H]1CSCN1C(=O)Cc1ccc2c(c1)CCO2. The largest absolute Gasteiger partial charge is 0.493 e. The van der Waals surface area contributed by atoms with Crippen molar-refractivity contribution < 1.29 is 14.3 Å². The molecular formula is C18H24N2O3S. The molecule has 2 atom stereocenters. The van der Waals surface area contributed by atoms with Crippen LogP contribution in [0.1, 0.15) is 31.4 Å². The van der Waals surface area contributed by atoms with E-state index in [-0.39, 0.29) is 23.9 Å². The maximum Gasteiger partial charge on any atom is 0.243 e. The van der Waals surface area contributed by atoms with Crippen molar-refractivity contribution in [2.45, 2.75) is 45.2 Å². The normalized spacial score (nSPS) is 20.4. The molecule has 24 heavy (non-hydrogen) atoms. The summed E-state index contributed by atoms with van der Waals surface area (Å²) < 4.78 is 5.50. The lowest BCUT2D eigenvalue weighted by atomic mass is 10.1. The van der Waals surface area contributed by atoms with Crippen molar-refractivity contribution >= 4 is 23.6 Å². The van der Waals surface area contributed by atoms with Gasteiger partial charge in [-0.15, -0.1) is 11.8 Å². The van der Waals surface area contributed by atoms with Gasteiger partial charge in [-0.05, 0) is 30.5 Å². The van der Waals surface area contributed by atoms with Crippen LogP contribution in [0.25, 0.3) is 0 Å². The van der Waals surface area contributed by atoms with Crippen LogP contribution in [0.5, 0.6) is 5.75 Å². The van der Waals surface area contributed by atoms with E-state index in [9.17, 15) is 9.59 Å². The van der Waals surface area contributed by atoms with E-state index in [1.54, 1.807) is 16.7 Å². The van der Waals surface area contributed by atoms with Crippen LogP contribution in [-0.4, -0.2) is 47.0 Å². The summed E-state index contributed by atoms with van der Waals surface area (Å²) in [5, 5.41) is 2.99.